The molecule has 4 nitrogen and oxygen atoms in total. The Morgan fingerprint density at radius 3 is 2.56 bits per heavy atom. The molecule has 0 spiro atoms. The number of nitrogens with zero attached hydrogens (tertiary/aromatic N) is 1. The van der Waals surface area contributed by atoms with Crippen LogP contribution < -0.4 is 5.56 Å². The maximum absolute atomic E-state index is 13.1. The zero-order valence-corrected chi connectivity index (χ0v) is 8.87. The molecule has 2 aromatic rings. The topological polar surface area (TPSA) is 76.9 Å². The molecule has 0 radical (unpaired) electrons. The second-order valence-electron chi connectivity index (χ2n) is 3.51. The van der Waals surface area contributed by atoms with E-state index in [2.05, 4.69) is 0 Å². The van der Waals surface area contributed by atoms with Gasteiger partial charge in [0.05, 0.1) is 0 Å². The van der Waals surface area contributed by atoms with Gasteiger partial charge in [-0.3, -0.25) is 9.78 Å². The van der Waals surface area contributed by atoms with Crippen LogP contribution in [0.15, 0.2) is 29.1 Å². The van der Waals surface area contributed by atoms with Crippen LogP contribution in [0.3, 0.4) is 0 Å². The summed E-state index contributed by atoms with van der Waals surface area (Å²) in [5.41, 5.74) is -0.684. The molecule has 0 bridgehead atoms. The first-order valence-electron chi connectivity index (χ1n) is 4.84. The third kappa shape index (κ3) is 1.94. The van der Waals surface area contributed by atoms with Gasteiger partial charge in [0.15, 0.2) is 11.6 Å². The summed E-state index contributed by atoms with van der Waals surface area (Å²) in [6, 6.07) is 5.67. The number of H-pyrrole nitrogens is 1. The van der Waals surface area contributed by atoms with Crippen molar-refractivity contribution >= 4 is 0 Å². The molecule has 0 unspecified atom stereocenters. The van der Waals surface area contributed by atoms with Gasteiger partial charge >= 0.3 is 0 Å². The van der Waals surface area contributed by atoms with E-state index in [4.69, 9.17) is 5.26 Å². The number of nitriles is 1. The van der Waals surface area contributed by atoms with E-state index in [1.807, 2.05) is 4.98 Å². The lowest BCUT2D eigenvalue weighted by Crippen LogP contribution is -2.06. The highest BCUT2D eigenvalue weighted by atomic mass is 19.2. The summed E-state index contributed by atoms with van der Waals surface area (Å²) >= 11 is 0. The first-order valence-corrected chi connectivity index (χ1v) is 4.84. The van der Waals surface area contributed by atoms with Gasteiger partial charge in [0.25, 0.3) is 5.56 Å². The van der Waals surface area contributed by atoms with E-state index < -0.39 is 23.1 Å². The van der Waals surface area contributed by atoms with Crippen molar-refractivity contribution in [1.29, 1.82) is 5.26 Å². The van der Waals surface area contributed by atoms with Crippen molar-refractivity contribution in [2.75, 3.05) is 0 Å². The van der Waals surface area contributed by atoms with Crippen LogP contribution in [0, 0.1) is 23.0 Å². The Balaban J connectivity index is 2.74. The van der Waals surface area contributed by atoms with Crippen LogP contribution in [0.5, 0.6) is 5.88 Å². The Labute approximate surface area is 99.8 Å². The fraction of sp³-hybridized carbons (Fsp3) is 0. The highest BCUT2D eigenvalue weighted by molar-refractivity contribution is 5.72. The lowest BCUT2D eigenvalue weighted by Gasteiger charge is -2.05. The number of hydrogen-bond acceptors (Lipinski definition) is 3. The minimum atomic E-state index is -1.10. The molecule has 1 heterocycles. The van der Waals surface area contributed by atoms with Gasteiger partial charge in [-0.25, -0.2) is 8.78 Å². The standard InChI is InChI=1S/C12H6F2N2O2/c13-9-2-1-6(3-10(9)14)7-4-11(17)16-12(18)8(7)5-15/h1-4H,(H2,16,17,18). The quantitative estimate of drug-likeness (QED) is 0.809. The number of halogens is 2. The van der Waals surface area contributed by atoms with Crippen molar-refractivity contribution in [2.24, 2.45) is 0 Å². The molecular weight excluding hydrogens is 242 g/mol. The van der Waals surface area contributed by atoms with E-state index in [1.165, 1.54) is 6.07 Å². The summed E-state index contributed by atoms with van der Waals surface area (Å²) in [6.07, 6.45) is 0. The number of aromatic amines is 1. The smallest absolute Gasteiger partial charge is 0.251 e. The van der Waals surface area contributed by atoms with Crippen molar-refractivity contribution in [3.05, 3.63) is 51.8 Å². The van der Waals surface area contributed by atoms with E-state index in [0.29, 0.717) is 0 Å². The van der Waals surface area contributed by atoms with Crippen molar-refractivity contribution in [2.45, 2.75) is 0 Å². The van der Waals surface area contributed by atoms with E-state index in [9.17, 15) is 18.7 Å². The number of nitrogens with one attached hydrogen (secondary N) is 1. The average molecular weight is 248 g/mol. The molecule has 0 aliphatic rings. The van der Waals surface area contributed by atoms with Crippen molar-refractivity contribution in [3.63, 3.8) is 0 Å². The Morgan fingerprint density at radius 2 is 1.94 bits per heavy atom. The Hall–Kier alpha value is -2.68. The van der Waals surface area contributed by atoms with Gasteiger partial charge in [0.2, 0.25) is 5.88 Å². The Kier molecular flexibility index (Phi) is 2.81. The average Bonchev–Trinajstić information content (AvgIpc) is 2.32. The van der Waals surface area contributed by atoms with Crippen LogP contribution in [0.1, 0.15) is 5.56 Å². The molecule has 0 saturated heterocycles. The van der Waals surface area contributed by atoms with Gasteiger partial charge in [0.1, 0.15) is 11.6 Å². The summed E-state index contributed by atoms with van der Waals surface area (Å²) in [7, 11) is 0. The van der Waals surface area contributed by atoms with Crippen LogP contribution in [0.4, 0.5) is 8.78 Å². The fourth-order valence-corrected chi connectivity index (χ4v) is 1.55. The molecule has 1 aromatic heterocycles. The maximum Gasteiger partial charge on any atom is 0.251 e. The molecule has 2 rings (SSSR count). The zero-order chi connectivity index (χ0) is 13.3. The molecule has 90 valence electrons. The third-order valence-corrected chi connectivity index (χ3v) is 2.37. The molecule has 2 N–H and O–H groups in total. The van der Waals surface area contributed by atoms with Crippen LogP contribution in [-0.2, 0) is 0 Å². The number of aromatic hydroxyl groups is 1. The zero-order valence-electron chi connectivity index (χ0n) is 8.87. The molecule has 0 aliphatic heterocycles. The number of rotatable bonds is 1. The normalized spacial score (nSPS) is 10.1. The van der Waals surface area contributed by atoms with Gasteiger partial charge in [0, 0.05) is 11.6 Å². The lowest BCUT2D eigenvalue weighted by atomic mass is 10.0. The molecular formula is C12H6F2N2O2. The largest absolute Gasteiger partial charge is 0.494 e. The number of benzene rings is 1. The molecule has 0 amide bonds. The van der Waals surface area contributed by atoms with Crippen LogP contribution >= 0.6 is 0 Å². The van der Waals surface area contributed by atoms with Crippen LogP contribution in [0.25, 0.3) is 11.1 Å². The van der Waals surface area contributed by atoms with Gasteiger partial charge < -0.3 is 5.11 Å². The van der Waals surface area contributed by atoms with Gasteiger partial charge in [-0.15, -0.1) is 0 Å². The SMILES string of the molecule is N#Cc1c(-c2ccc(F)c(F)c2)cc(=O)[nH]c1O. The van der Waals surface area contributed by atoms with Crippen molar-refractivity contribution in [1.82, 2.24) is 4.98 Å². The molecule has 0 atom stereocenters. The Bertz CT molecular complexity index is 717. The fourth-order valence-electron chi connectivity index (χ4n) is 1.55. The highest BCUT2D eigenvalue weighted by Gasteiger charge is 2.13. The molecule has 18 heavy (non-hydrogen) atoms. The second kappa shape index (κ2) is 4.30. The maximum atomic E-state index is 13.1. The first kappa shape index (κ1) is 11.8. The summed E-state index contributed by atoms with van der Waals surface area (Å²) in [4.78, 5) is 13.2. The molecule has 0 fully saturated rings. The minimum absolute atomic E-state index is 0.0395. The monoisotopic (exact) mass is 248 g/mol. The van der Waals surface area contributed by atoms with Gasteiger partial charge in [-0.2, -0.15) is 5.26 Å². The van der Waals surface area contributed by atoms with Gasteiger partial charge in [-0.1, -0.05) is 6.07 Å². The second-order valence-corrected chi connectivity index (χ2v) is 3.51. The predicted molar refractivity (Wildman–Crippen MR) is 58.8 cm³/mol. The molecule has 0 saturated carbocycles. The molecule has 0 aliphatic carbocycles. The summed E-state index contributed by atoms with van der Waals surface area (Å²) in [5.74, 6) is -2.74. The molecule has 1 aromatic carbocycles. The predicted octanol–water partition coefficient (Wildman–Crippen LogP) is 1.90. The number of hydrogen-bond donors (Lipinski definition) is 2. The first-order chi connectivity index (χ1) is 8.52. The summed E-state index contributed by atoms with van der Waals surface area (Å²) < 4.78 is 25.9. The summed E-state index contributed by atoms with van der Waals surface area (Å²) in [6.45, 7) is 0. The number of aromatic nitrogens is 1. The van der Waals surface area contributed by atoms with E-state index in [1.54, 1.807) is 6.07 Å². The highest BCUT2D eigenvalue weighted by Crippen LogP contribution is 2.27. The van der Waals surface area contributed by atoms with E-state index >= 15 is 0 Å². The minimum Gasteiger partial charge on any atom is -0.494 e. The summed E-state index contributed by atoms with van der Waals surface area (Å²) in [5, 5.41) is 18.3. The lowest BCUT2D eigenvalue weighted by molar-refractivity contribution is 0.450. The van der Waals surface area contributed by atoms with Crippen molar-refractivity contribution < 1.29 is 13.9 Å². The van der Waals surface area contributed by atoms with E-state index in [0.717, 1.165) is 18.2 Å². The third-order valence-electron chi connectivity index (χ3n) is 2.37. The number of pyridine rings is 1. The van der Waals surface area contributed by atoms with Gasteiger partial charge in [-0.05, 0) is 17.7 Å². The van der Waals surface area contributed by atoms with Crippen LogP contribution in [0.2, 0.25) is 0 Å². The van der Waals surface area contributed by atoms with E-state index in [-0.39, 0.29) is 16.7 Å². The molecule has 6 heteroatoms. The Morgan fingerprint density at radius 1 is 1.22 bits per heavy atom. The van der Waals surface area contributed by atoms with Crippen LogP contribution in [-0.4, -0.2) is 10.1 Å². The van der Waals surface area contributed by atoms with Crippen molar-refractivity contribution in [3.8, 4) is 23.1 Å².